The van der Waals surface area contributed by atoms with Gasteiger partial charge in [-0.3, -0.25) is 9.36 Å². The first kappa shape index (κ1) is 20.7. The molecular weight excluding hydrogens is 414 g/mol. The summed E-state index contributed by atoms with van der Waals surface area (Å²) in [7, 11) is 0. The Morgan fingerprint density at radius 3 is 2.70 bits per heavy atom. The summed E-state index contributed by atoms with van der Waals surface area (Å²) in [5.41, 5.74) is 3.64. The van der Waals surface area contributed by atoms with E-state index in [0.29, 0.717) is 22.9 Å². The Kier molecular flexibility index (Phi) is 5.48. The Balaban J connectivity index is 1.44. The standard InChI is InChI=1S/C27H23N3O3/c1-2-14-33-27(32)23-16-21(18-8-9-18)17-28-25(23)29-22-10-11-24-20(15-22)12-13-30(24)26(31)19-6-4-3-5-7-19/h2-7,10-13,15-18H,1,8-9,14H2,(H,28,29). The molecule has 0 amide bonds. The molecule has 1 saturated carbocycles. The van der Waals surface area contributed by atoms with Gasteiger partial charge in [-0.2, -0.15) is 0 Å². The van der Waals surface area contributed by atoms with Gasteiger partial charge in [0.05, 0.1) is 5.52 Å². The highest BCUT2D eigenvalue weighted by Crippen LogP contribution is 2.40. The van der Waals surface area contributed by atoms with E-state index in [1.807, 2.05) is 54.7 Å². The molecule has 0 spiro atoms. The summed E-state index contributed by atoms with van der Waals surface area (Å²) in [5, 5.41) is 4.14. The van der Waals surface area contributed by atoms with Crippen LogP contribution in [0, 0.1) is 0 Å². The highest BCUT2D eigenvalue weighted by molar-refractivity contribution is 6.03. The molecule has 0 aliphatic heterocycles. The van der Waals surface area contributed by atoms with Crippen LogP contribution in [0.25, 0.3) is 10.9 Å². The normalized spacial score (nSPS) is 13.0. The molecule has 2 heterocycles. The van der Waals surface area contributed by atoms with Crippen molar-refractivity contribution in [3.05, 3.63) is 102 Å². The van der Waals surface area contributed by atoms with Gasteiger partial charge in [0, 0.05) is 29.0 Å². The number of hydrogen-bond acceptors (Lipinski definition) is 5. The van der Waals surface area contributed by atoms with E-state index in [1.165, 1.54) is 0 Å². The van der Waals surface area contributed by atoms with E-state index in [1.54, 1.807) is 29.0 Å². The zero-order valence-corrected chi connectivity index (χ0v) is 18.0. The Morgan fingerprint density at radius 1 is 1.12 bits per heavy atom. The number of ether oxygens (including phenoxy) is 1. The second-order valence-corrected chi connectivity index (χ2v) is 8.08. The Bertz CT molecular complexity index is 1350. The number of rotatable bonds is 7. The number of carbonyl (C=O) groups is 2. The molecule has 164 valence electrons. The number of nitrogens with one attached hydrogen (secondary N) is 1. The Hall–Kier alpha value is -4.19. The zero-order chi connectivity index (χ0) is 22.8. The summed E-state index contributed by atoms with van der Waals surface area (Å²) in [4.78, 5) is 30.0. The van der Waals surface area contributed by atoms with Crippen LogP contribution in [0.15, 0.2) is 85.7 Å². The maximum atomic E-state index is 12.9. The third-order valence-electron chi connectivity index (χ3n) is 5.70. The lowest BCUT2D eigenvalue weighted by atomic mass is 10.1. The van der Waals surface area contributed by atoms with Crippen molar-refractivity contribution in [1.82, 2.24) is 9.55 Å². The molecule has 5 rings (SSSR count). The largest absolute Gasteiger partial charge is 0.458 e. The second kappa shape index (κ2) is 8.74. The van der Waals surface area contributed by atoms with Crippen LogP contribution in [0.1, 0.15) is 45.0 Å². The summed E-state index contributed by atoms with van der Waals surface area (Å²) in [6, 6.07) is 18.6. The number of hydrogen-bond donors (Lipinski definition) is 1. The van der Waals surface area contributed by atoms with Crippen LogP contribution >= 0.6 is 0 Å². The number of nitrogens with zero attached hydrogens (tertiary/aromatic N) is 2. The molecule has 0 atom stereocenters. The molecule has 0 bridgehead atoms. The molecule has 6 nitrogen and oxygen atoms in total. The van der Waals surface area contributed by atoms with Crippen LogP contribution < -0.4 is 5.32 Å². The lowest BCUT2D eigenvalue weighted by Crippen LogP contribution is -2.11. The lowest BCUT2D eigenvalue weighted by molar-refractivity contribution is 0.0550. The summed E-state index contributed by atoms with van der Waals surface area (Å²) in [6.07, 6.45) is 7.36. The Morgan fingerprint density at radius 2 is 1.94 bits per heavy atom. The van der Waals surface area contributed by atoms with Crippen molar-refractivity contribution in [1.29, 1.82) is 0 Å². The third-order valence-corrected chi connectivity index (χ3v) is 5.70. The number of carbonyl (C=O) groups excluding carboxylic acids is 2. The number of esters is 1. The highest BCUT2D eigenvalue weighted by Gasteiger charge is 2.26. The maximum absolute atomic E-state index is 12.9. The van der Waals surface area contributed by atoms with Crippen LogP contribution in [0.2, 0.25) is 0 Å². The number of benzene rings is 2. The highest BCUT2D eigenvalue weighted by atomic mass is 16.5. The van der Waals surface area contributed by atoms with E-state index in [9.17, 15) is 9.59 Å². The number of pyridine rings is 1. The smallest absolute Gasteiger partial charge is 0.342 e. The van der Waals surface area contributed by atoms with Crippen molar-refractivity contribution in [2.45, 2.75) is 18.8 Å². The van der Waals surface area contributed by atoms with Gasteiger partial charge < -0.3 is 10.1 Å². The van der Waals surface area contributed by atoms with E-state index in [0.717, 1.165) is 35.0 Å². The molecule has 2 aromatic heterocycles. The van der Waals surface area contributed by atoms with Crippen LogP contribution in [0.5, 0.6) is 0 Å². The minimum Gasteiger partial charge on any atom is -0.458 e. The van der Waals surface area contributed by atoms with Crippen molar-refractivity contribution in [3.63, 3.8) is 0 Å². The van der Waals surface area contributed by atoms with Crippen molar-refractivity contribution in [3.8, 4) is 0 Å². The van der Waals surface area contributed by atoms with E-state index in [2.05, 4.69) is 16.9 Å². The molecule has 1 aliphatic carbocycles. The quantitative estimate of drug-likeness (QED) is 0.297. The monoisotopic (exact) mass is 437 g/mol. The van der Waals surface area contributed by atoms with Gasteiger partial charge in [0.1, 0.15) is 18.0 Å². The van der Waals surface area contributed by atoms with Gasteiger partial charge in [0.15, 0.2) is 0 Å². The summed E-state index contributed by atoms with van der Waals surface area (Å²) in [5.74, 6) is 0.382. The topological polar surface area (TPSA) is 73.2 Å². The number of fused-ring (bicyclic) bond motifs is 1. The van der Waals surface area contributed by atoms with Gasteiger partial charge in [-0.05, 0) is 66.8 Å². The van der Waals surface area contributed by atoms with Gasteiger partial charge >= 0.3 is 5.97 Å². The van der Waals surface area contributed by atoms with E-state index in [-0.39, 0.29) is 12.5 Å². The molecule has 1 N–H and O–H groups in total. The average Bonchev–Trinajstić information content (AvgIpc) is 3.62. The second-order valence-electron chi connectivity index (χ2n) is 8.08. The fourth-order valence-corrected chi connectivity index (χ4v) is 3.84. The first-order chi connectivity index (χ1) is 16.1. The summed E-state index contributed by atoms with van der Waals surface area (Å²) >= 11 is 0. The van der Waals surface area contributed by atoms with Crippen LogP contribution in [-0.4, -0.2) is 28.0 Å². The fourth-order valence-electron chi connectivity index (χ4n) is 3.84. The minimum atomic E-state index is -0.437. The zero-order valence-electron chi connectivity index (χ0n) is 18.0. The first-order valence-corrected chi connectivity index (χ1v) is 10.9. The minimum absolute atomic E-state index is 0.0871. The predicted octanol–water partition coefficient (Wildman–Crippen LogP) is 5.69. The van der Waals surface area contributed by atoms with Crippen LogP contribution in [0.4, 0.5) is 11.5 Å². The molecular formula is C27H23N3O3. The average molecular weight is 437 g/mol. The predicted molar refractivity (Wildman–Crippen MR) is 128 cm³/mol. The number of aromatic nitrogens is 2. The maximum Gasteiger partial charge on any atom is 0.342 e. The van der Waals surface area contributed by atoms with Gasteiger partial charge in [0.2, 0.25) is 0 Å². The van der Waals surface area contributed by atoms with Crippen molar-refractivity contribution in [2.75, 3.05) is 11.9 Å². The van der Waals surface area contributed by atoms with E-state index in [4.69, 9.17) is 4.74 Å². The molecule has 0 radical (unpaired) electrons. The Labute approximate surface area is 191 Å². The van der Waals surface area contributed by atoms with Crippen molar-refractivity contribution in [2.24, 2.45) is 0 Å². The van der Waals surface area contributed by atoms with Gasteiger partial charge in [-0.25, -0.2) is 9.78 Å². The fraction of sp³-hybridized carbons (Fsp3) is 0.148. The van der Waals surface area contributed by atoms with Gasteiger partial charge in [-0.15, -0.1) is 0 Å². The van der Waals surface area contributed by atoms with Gasteiger partial charge in [-0.1, -0.05) is 30.9 Å². The molecule has 4 aromatic rings. The SMILES string of the molecule is C=CCOC(=O)c1cc(C2CC2)cnc1Nc1ccc2c(ccn2C(=O)c2ccccc2)c1. The van der Waals surface area contributed by atoms with Crippen LogP contribution in [0.3, 0.4) is 0 Å². The molecule has 2 aromatic carbocycles. The van der Waals surface area contributed by atoms with E-state index < -0.39 is 5.97 Å². The molecule has 33 heavy (non-hydrogen) atoms. The van der Waals surface area contributed by atoms with Crippen LogP contribution in [-0.2, 0) is 4.74 Å². The molecule has 1 fully saturated rings. The lowest BCUT2D eigenvalue weighted by Gasteiger charge is -2.12. The third kappa shape index (κ3) is 4.28. The summed E-state index contributed by atoms with van der Waals surface area (Å²) < 4.78 is 6.91. The molecule has 0 saturated heterocycles. The van der Waals surface area contributed by atoms with Crippen molar-refractivity contribution < 1.29 is 14.3 Å². The van der Waals surface area contributed by atoms with E-state index >= 15 is 0 Å². The first-order valence-electron chi connectivity index (χ1n) is 10.9. The number of anilines is 2. The van der Waals surface area contributed by atoms with Crippen molar-refractivity contribution >= 4 is 34.3 Å². The molecule has 0 unspecified atom stereocenters. The molecule has 1 aliphatic rings. The van der Waals surface area contributed by atoms with Gasteiger partial charge in [0.25, 0.3) is 5.91 Å². The molecule has 6 heteroatoms. The summed E-state index contributed by atoms with van der Waals surface area (Å²) in [6.45, 7) is 3.74.